The van der Waals surface area contributed by atoms with Crippen LogP contribution in [-0.4, -0.2) is 0 Å². The molecule has 5 rings (SSSR count). The van der Waals surface area contributed by atoms with E-state index in [1.807, 2.05) is 12.1 Å². The molecule has 0 bridgehead atoms. The number of fused-ring (bicyclic) bond motifs is 3. The number of benzene rings is 3. The Balaban J connectivity index is 1.79. The van der Waals surface area contributed by atoms with Gasteiger partial charge in [0.25, 0.3) is 0 Å². The van der Waals surface area contributed by atoms with E-state index in [1.54, 1.807) is 0 Å². The Morgan fingerprint density at radius 2 is 1.53 bits per heavy atom. The number of aryl methyl sites for hydroxylation is 2. The molecule has 0 radical (unpaired) electrons. The van der Waals surface area contributed by atoms with Crippen LogP contribution in [0.3, 0.4) is 0 Å². The molecule has 0 spiro atoms. The topological polar surface area (TPSA) is 40.8 Å². The van der Waals surface area contributed by atoms with E-state index in [0.29, 0.717) is 17.4 Å². The predicted octanol–water partition coefficient (Wildman–Crippen LogP) is 8.25. The van der Waals surface area contributed by atoms with Gasteiger partial charge < -0.3 is 4.42 Å². The van der Waals surface area contributed by atoms with Gasteiger partial charge in [-0.1, -0.05) is 64.1 Å². The fraction of sp³-hybridized carbons (Fsp3) is 0.273. The van der Waals surface area contributed by atoms with Gasteiger partial charge in [-0.2, -0.15) is 5.26 Å². The summed E-state index contributed by atoms with van der Waals surface area (Å²) in [5.74, 6) is 1.03. The third kappa shape index (κ3) is 4.07. The maximum atomic E-state index is 9.99. The van der Waals surface area contributed by atoms with E-state index < -0.39 is 0 Å². The number of nitriles is 1. The Labute approximate surface area is 213 Å². The molecule has 3 heteroatoms. The van der Waals surface area contributed by atoms with Gasteiger partial charge in [0.2, 0.25) is 5.69 Å². The molecule has 3 nitrogen and oxygen atoms in total. The van der Waals surface area contributed by atoms with Crippen molar-refractivity contribution in [3.63, 3.8) is 0 Å². The van der Waals surface area contributed by atoms with Crippen LogP contribution < -0.4 is 4.57 Å². The van der Waals surface area contributed by atoms with Crippen molar-refractivity contribution >= 4 is 21.9 Å². The molecule has 0 saturated carbocycles. The van der Waals surface area contributed by atoms with Crippen LogP contribution in [0.1, 0.15) is 55.9 Å². The minimum atomic E-state index is 0.434. The Hall–Kier alpha value is -3.90. The van der Waals surface area contributed by atoms with E-state index in [0.717, 1.165) is 56.3 Å². The summed E-state index contributed by atoms with van der Waals surface area (Å²) in [6.07, 6.45) is 3.17. The van der Waals surface area contributed by atoms with E-state index in [2.05, 4.69) is 107 Å². The van der Waals surface area contributed by atoms with Crippen molar-refractivity contribution in [2.24, 2.45) is 13.0 Å². The Morgan fingerprint density at radius 3 is 2.17 bits per heavy atom. The molecule has 0 aliphatic carbocycles. The monoisotopic (exact) mass is 473 g/mol. The fourth-order valence-corrected chi connectivity index (χ4v) is 5.17. The molecular formula is C33H33N2O+. The summed E-state index contributed by atoms with van der Waals surface area (Å²) in [6, 6.07) is 23.7. The number of aromatic nitrogens is 1. The van der Waals surface area contributed by atoms with E-state index in [-0.39, 0.29) is 0 Å². The van der Waals surface area contributed by atoms with Crippen LogP contribution in [-0.2, 0) is 13.5 Å². The van der Waals surface area contributed by atoms with Crippen molar-refractivity contribution < 1.29 is 8.98 Å². The number of furan rings is 1. The summed E-state index contributed by atoms with van der Waals surface area (Å²) in [5, 5.41) is 12.1. The number of hydrogen-bond donors (Lipinski definition) is 0. The zero-order valence-electron chi connectivity index (χ0n) is 22.0. The van der Waals surface area contributed by atoms with E-state index in [4.69, 9.17) is 4.42 Å². The second-order valence-electron chi connectivity index (χ2n) is 10.6. The molecule has 2 aromatic heterocycles. The number of rotatable bonds is 5. The summed E-state index contributed by atoms with van der Waals surface area (Å²) in [5.41, 5.74) is 10.1. The quantitative estimate of drug-likeness (QED) is 0.241. The number of hydrogen-bond acceptors (Lipinski definition) is 2. The highest BCUT2D eigenvalue weighted by atomic mass is 16.3. The van der Waals surface area contributed by atoms with Gasteiger partial charge >= 0.3 is 0 Å². The third-order valence-corrected chi connectivity index (χ3v) is 7.12. The van der Waals surface area contributed by atoms with Crippen LogP contribution in [0, 0.1) is 24.2 Å². The number of nitrogens with zero attached hydrogens (tertiary/aromatic N) is 2. The molecule has 0 fully saturated rings. The lowest BCUT2D eigenvalue weighted by Crippen LogP contribution is -2.31. The van der Waals surface area contributed by atoms with Gasteiger partial charge in [-0.3, -0.25) is 0 Å². The SMILES string of the molecule is Cc1ccc2c(oc3c(-c4ccc(CC(C)C)cc4)c(C#N)ccc32)c1-c1cc(C(C)C)cc[n+]1C. The van der Waals surface area contributed by atoms with Gasteiger partial charge in [0, 0.05) is 28.5 Å². The van der Waals surface area contributed by atoms with Gasteiger partial charge in [0.05, 0.1) is 17.2 Å². The lowest BCUT2D eigenvalue weighted by molar-refractivity contribution is -0.660. The molecule has 0 aliphatic rings. The van der Waals surface area contributed by atoms with E-state index in [1.165, 1.54) is 11.1 Å². The van der Waals surface area contributed by atoms with Crippen molar-refractivity contribution in [3.05, 3.63) is 89.1 Å². The summed E-state index contributed by atoms with van der Waals surface area (Å²) in [7, 11) is 2.08. The molecule has 36 heavy (non-hydrogen) atoms. The molecule has 0 atom stereocenters. The molecular weight excluding hydrogens is 440 g/mol. The maximum Gasteiger partial charge on any atom is 0.216 e. The summed E-state index contributed by atoms with van der Waals surface area (Å²) >= 11 is 0. The first-order chi connectivity index (χ1) is 17.3. The van der Waals surface area contributed by atoms with Gasteiger partial charge in [0.1, 0.15) is 18.2 Å². The average Bonchev–Trinajstić information content (AvgIpc) is 3.22. The highest BCUT2D eigenvalue weighted by Crippen LogP contribution is 2.42. The zero-order valence-corrected chi connectivity index (χ0v) is 22.0. The van der Waals surface area contributed by atoms with Crippen LogP contribution in [0.4, 0.5) is 0 Å². The van der Waals surface area contributed by atoms with Gasteiger partial charge in [-0.15, -0.1) is 0 Å². The van der Waals surface area contributed by atoms with Crippen molar-refractivity contribution in [1.82, 2.24) is 0 Å². The largest absolute Gasteiger partial charge is 0.454 e. The van der Waals surface area contributed by atoms with Crippen LogP contribution in [0.5, 0.6) is 0 Å². The number of pyridine rings is 1. The standard InChI is InChI=1S/C33H33N2O/c1-20(2)17-23-8-10-24(11-9-23)31-26(19-34)12-14-28-27-13-7-22(5)30(32(27)36-33(28)31)29-18-25(21(3)4)15-16-35(29)6/h7-16,18,20-21H,17H2,1-6H3/q+1. The van der Waals surface area contributed by atoms with E-state index >= 15 is 0 Å². The normalized spacial score (nSPS) is 11.6. The Morgan fingerprint density at radius 1 is 0.861 bits per heavy atom. The van der Waals surface area contributed by atoms with Gasteiger partial charge in [0.15, 0.2) is 6.20 Å². The van der Waals surface area contributed by atoms with Crippen LogP contribution in [0.15, 0.2) is 71.3 Å². The fourth-order valence-electron chi connectivity index (χ4n) is 5.17. The van der Waals surface area contributed by atoms with Crippen LogP contribution in [0.25, 0.3) is 44.3 Å². The molecule has 3 aromatic carbocycles. The highest BCUT2D eigenvalue weighted by Gasteiger charge is 2.23. The van der Waals surface area contributed by atoms with Crippen molar-refractivity contribution in [3.8, 4) is 28.5 Å². The second-order valence-corrected chi connectivity index (χ2v) is 10.6. The molecule has 5 aromatic rings. The Kier molecular flexibility index (Phi) is 6.14. The Bertz CT molecular complexity index is 1630. The first kappa shape index (κ1) is 23.8. The van der Waals surface area contributed by atoms with Crippen molar-refractivity contribution in [1.29, 1.82) is 5.26 Å². The first-order valence-corrected chi connectivity index (χ1v) is 12.8. The predicted molar refractivity (Wildman–Crippen MR) is 148 cm³/mol. The van der Waals surface area contributed by atoms with Crippen molar-refractivity contribution in [2.45, 2.75) is 47.0 Å². The van der Waals surface area contributed by atoms with Gasteiger partial charge in [-0.05, 0) is 59.6 Å². The zero-order chi connectivity index (χ0) is 25.6. The molecule has 2 heterocycles. The summed E-state index contributed by atoms with van der Waals surface area (Å²) in [4.78, 5) is 0. The summed E-state index contributed by atoms with van der Waals surface area (Å²) in [6.45, 7) is 11.0. The summed E-state index contributed by atoms with van der Waals surface area (Å²) < 4.78 is 8.90. The molecule has 0 N–H and O–H groups in total. The van der Waals surface area contributed by atoms with Gasteiger partial charge in [-0.25, -0.2) is 4.57 Å². The van der Waals surface area contributed by atoms with Crippen molar-refractivity contribution in [2.75, 3.05) is 0 Å². The molecule has 0 saturated heterocycles. The second kappa shape index (κ2) is 9.28. The lowest BCUT2D eigenvalue weighted by atomic mass is 9.94. The highest BCUT2D eigenvalue weighted by molar-refractivity contribution is 6.14. The van der Waals surface area contributed by atoms with Crippen LogP contribution in [0.2, 0.25) is 0 Å². The minimum absolute atomic E-state index is 0.434. The third-order valence-electron chi connectivity index (χ3n) is 7.12. The lowest BCUT2D eigenvalue weighted by Gasteiger charge is -2.09. The first-order valence-electron chi connectivity index (χ1n) is 12.8. The minimum Gasteiger partial charge on any atom is -0.454 e. The molecule has 0 amide bonds. The average molecular weight is 474 g/mol. The van der Waals surface area contributed by atoms with Crippen LogP contribution >= 0.6 is 0 Å². The molecule has 0 aliphatic heterocycles. The molecule has 0 unspecified atom stereocenters. The smallest absolute Gasteiger partial charge is 0.216 e. The van der Waals surface area contributed by atoms with E-state index in [9.17, 15) is 5.26 Å². The molecule has 180 valence electrons. The maximum absolute atomic E-state index is 9.99.